The molecule has 4 aliphatic rings. The Morgan fingerprint density at radius 3 is 2.51 bits per heavy atom. The number of likely N-dealkylation sites (N-methyl/N-ethyl adjacent to an activating group) is 1. The molecule has 45 heavy (non-hydrogen) atoms. The van der Waals surface area contributed by atoms with Crippen molar-refractivity contribution in [2.75, 3.05) is 13.6 Å². The molecule has 2 aromatic carbocycles. The van der Waals surface area contributed by atoms with Crippen molar-refractivity contribution in [2.45, 2.75) is 81.4 Å². The second-order valence-electron chi connectivity index (χ2n) is 12.2. The van der Waals surface area contributed by atoms with Crippen molar-refractivity contribution in [1.82, 2.24) is 10.2 Å². The highest BCUT2D eigenvalue weighted by atomic mass is 16.6. The maximum absolute atomic E-state index is 13.2. The zero-order chi connectivity index (χ0) is 32.3. The number of hydrogen-bond donors (Lipinski definition) is 3. The molecule has 0 unspecified atom stereocenters. The lowest BCUT2D eigenvalue weighted by Crippen LogP contribution is -2.74. The van der Waals surface area contributed by atoms with E-state index in [-0.39, 0.29) is 29.7 Å². The molecular formula is C33H36N2O10. The summed E-state index contributed by atoms with van der Waals surface area (Å²) in [5.41, 5.74) is -0.0116. The summed E-state index contributed by atoms with van der Waals surface area (Å²) < 4.78 is 22.6. The number of nitrogens with one attached hydrogen (secondary N) is 1. The topological polar surface area (TPSA) is 161 Å². The van der Waals surface area contributed by atoms with E-state index >= 15 is 0 Å². The van der Waals surface area contributed by atoms with E-state index in [2.05, 4.69) is 10.2 Å². The third-order valence-corrected chi connectivity index (χ3v) is 9.53. The number of carbonyl (C=O) groups excluding carboxylic acids is 4. The Morgan fingerprint density at radius 1 is 1.07 bits per heavy atom. The Kier molecular flexibility index (Phi) is 7.60. The molecule has 1 amide bonds. The van der Waals surface area contributed by atoms with Gasteiger partial charge < -0.3 is 39.4 Å². The number of esters is 3. The van der Waals surface area contributed by atoms with Gasteiger partial charge >= 0.3 is 17.9 Å². The Hall–Kier alpha value is -4.42. The van der Waals surface area contributed by atoms with E-state index < -0.39 is 59.2 Å². The summed E-state index contributed by atoms with van der Waals surface area (Å²) in [6.45, 7) is 4.57. The average molecular weight is 621 g/mol. The van der Waals surface area contributed by atoms with Crippen LogP contribution in [0.2, 0.25) is 0 Å². The number of ether oxygens (including phenoxy) is 4. The van der Waals surface area contributed by atoms with E-state index in [4.69, 9.17) is 18.9 Å². The lowest BCUT2D eigenvalue weighted by Gasteiger charge is -2.61. The van der Waals surface area contributed by atoms with Gasteiger partial charge in [-0.05, 0) is 58.0 Å². The highest BCUT2D eigenvalue weighted by Gasteiger charge is 2.72. The summed E-state index contributed by atoms with van der Waals surface area (Å²) in [5, 5.41) is 25.4. The van der Waals surface area contributed by atoms with Crippen molar-refractivity contribution in [3.05, 3.63) is 71.0 Å². The fourth-order valence-corrected chi connectivity index (χ4v) is 7.38. The third kappa shape index (κ3) is 4.83. The van der Waals surface area contributed by atoms with Gasteiger partial charge in [0.05, 0.1) is 11.0 Å². The third-order valence-electron chi connectivity index (χ3n) is 9.53. The summed E-state index contributed by atoms with van der Waals surface area (Å²) >= 11 is 0. The van der Waals surface area contributed by atoms with Crippen LogP contribution in [0.1, 0.15) is 56.4 Å². The van der Waals surface area contributed by atoms with Crippen LogP contribution in [0.15, 0.2) is 54.3 Å². The second-order valence-corrected chi connectivity index (χ2v) is 12.2. The largest absolute Gasteiger partial charge is 0.504 e. The molecule has 1 spiro atoms. The number of benzene rings is 2. The van der Waals surface area contributed by atoms with Crippen LogP contribution in [-0.2, 0) is 45.2 Å². The minimum Gasteiger partial charge on any atom is -0.504 e. The maximum atomic E-state index is 13.2. The standard InChI is InChI=1S/C33H36N2O10/c1-17(34-29(38)26(43-19(3)36)20-8-6-5-7-9-20)30(39)42-18(2)31(40)44-23-12-13-33(41)24-16-21-10-11-22(37)27-25(21)32(33,28(23)45-27)14-15-35(24)4/h5-12,17-18,24,26,28,37,41H,13-16H2,1-4H3,(H,34,38)/t17-,18-,24-,26-,28-,32-,33+/m0/s1. The molecular weight excluding hydrogens is 584 g/mol. The number of aromatic hydroxyl groups is 1. The van der Waals surface area contributed by atoms with Gasteiger partial charge in [-0.3, -0.25) is 9.59 Å². The van der Waals surface area contributed by atoms with Crippen molar-refractivity contribution in [2.24, 2.45) is 0 Å². The van der Waals surface area contributed by atoms with Crippen LogP contribution >= 0.6 is 0 Å². The van der Waals surface area contributed by atoms with E-state index in [0.717, 1.165) is 11.1 Å². The van der Waals surface area contributed by atoms with Crippen LogP contribution < -0.4 is 10.1 Å². The molecule has 12 heteroatoms. The van der Waals surface area contributed by atoms with Crippen molar-refractivity contribution in [3.8, 4) is 11.5 Å². The van der Waals surface area contributed by atoms with Crippen LogP contribution in [0, 0.1) is 0 Å². The molecule has 2 aliphatic heterocycles. The molecule has 1 saturated heterocycles. The van der Waals surface area contributed by atoms with Gasteiger partial charge in [-0.25, -0.2) is 9.59 Å². The number of amides is 1. The first kappa shape index (κ1) is 30.6. The Labute approximate surface area is 259 Å². The molecule has 7 atom stereocenters. The Balaban J connectivity index is 1.15. The molecule has 1 fully saturated rings. The molecule has 2 bridgehead atoms. The summed E-state index contributed by atoms with van der Waals surface area (Å²) in [5.74, 6) is -2.78. The number of carbonyl (C=O) groups is 4. The summed E-state index contributed by atoms with van der Waals surface area (Å²) in [6.07, 6.45) is -0.594. The van der Waals surface area contributed by atoms with Crippen LogP contribution in [0.25, 0.3) is 0 Å². The zero-order valence-corrected chi connectivity index (χ0v) is 25.4. The zero-order valence-electron chi connectivity index (χ0n) is 25.4. The van der Waals surface area contributed by atoms with Gasteiger partial charge in [0.1, 0.15) is 11.8 Å². The van der Waals surface area contributed by atoms with Gasteiger partial charge in [0.2, 0.25) is 6.10 Å². The van der Waals surface area contributed by atoms with Gasteiger partial charge in [-0.15, -0.1) is 0 Å². The molecule has 3 N–H and O–H groups in total. The fourth-order valence-electron chi connectivity index (χ4n) is 7.38. The molecule has 238 valence electrons. The predicted molar refractivity (Wildman–Crippen MR) is 157 cm³/mol. The van der Waals surface area contributed by atoms with Crippen LogP contribution in [0.3, 0.4) is 0 Å². The highest BCUT2D eigenvalue weighted by molar-refractivity contribution is 5.89. The normalized spacial score (nSPS) is 27.9. The summed E-state index contributed by atoms with van der Waals surface area (Å²) in [7, 11) is 1.98. The number of nitrogens with zero attached hydrogens (tertiary/aromatic N) is 1. The molecule has 2 aliphatic carbocycles. The van der Waals surface area contributed by atoms with Crippen LogP contribution in [-0.4, -0.2) is 82.4 Å². The molecule has 0 aromatic heterocycles. The highest BCUT2D eigenvalue weighted by Crippen LogP contribution is 2.65. The Morgan fingerprint density at radius 2 is 1.80 bits per heavy atom. The lowest BCUT2D eigenvalue weighted by molar-refractivity contribution is -0.176. The van der Waals surface area contributed by atoms with Gasteiger partial charge in [0.15, 0.2) is 23.7 Å². The van der Waals surface area contributed by atoms with E-state index in [9.17, 15) is 29.4 Å². The van der Waals surface area contributed by atoms with Gasteiger partial charge in [-0.2, -0.15) is 0 Å². The monoisotopic (exact) mass is 620 g/mol. The molecule has 0 saturated carbocycles. The van der Waals surface area contributed by atoms with Crippen molar-refractivity contribution in [3.63, 3.8) is 0 Å². The fraction of sp³-hybridized carbons (Fsp3) is 0.455. The van der Waals surface area contributed by atoms with E-state index in [1.54, 1.807) is 42.5 Å². The molecule has 2 aromatic rings. The Bertz CT molecular complexity index is 1590. The minimum atomic E-state index is -1.36. The quantitative estimate of drug-likeness (QED) is 0.292. The first-order chi connectivity index (χ1) is 21.4. The number of phenols is 1. The average Bonchev–Trinajstić information content (AvgIpc) is 3.37. The first-order valence-corrected chi connectivity index (χ1v) is 15.0. The van der Waals surface area contributed by atoms with E-state index in [0.29, 0.717) is 24.9 Å². The second kappa shape index (κ2) is 11.2. The number of phenolic OH excluding ortho intramolecular Hbond substituents is 1. The molecule has 2 heterocycles. The SMILES string of the molecule is CC(=O)O[C@H](C(=O)N[C@@H](C)C(=O)O[C@@H](C)C(=O)OC1=CC[C@@]2(O)[C@@H]3Cc4ccc(O)c5c4[C@@]2(CCN3C)[C@H]1O5)c1ccccc1. The van der Waals surface area contributed by atoms with Crippen molar-refractivity contribution >= 4 is 23.8 Å². The van der Waals surface area contributed by atoms with Crippen molar-refractivity contribution in [1.29, 1.82) is 0 Å². The molecule has 6 rings (SSSR count). The molecule has 12 nitrogen and oxygen atoms in total. The van der Waals surface area contributed by atoms with Crippen molar-refractivity contribution < 1.29 is 48.3 Å². The van der Waals surface area contributed by atoms with E-state index in [1.807, 2.05) is 13.1 Å². The number of piperidine rings is 1. The lowest BCUT2D eigenvalue weighted by atomic mass is 9.50. The number of likely N-dealkylation sites (tertiary alicyclic amines) is 1. The summed E-state index contributed by atoms with van der Waals surface area (Å²) in [6, 6.07) is 10.4. The first-order valence-electron chi connectivity index (χ1n) is 15.0. The van der Waals surface area contributed by atoms with E-state index in [1.165, 1.54) is 20.8 Å². The van der Waals surface area contributed by atoms with Gasteiger partial charge in [-0.1, -0.05) is 36.4 Å². The number of aliphatic hydroxyl groups is 1. The maximum Gasteiger partial charge on any atom is 0.352 e. The van der Waals surface area contributed by atoms with Crippen LogP contribution in [0.5, 0.6) is 11.5 Å². The van der Waals surface area contributed by atoms with Gasteiger partial charge in [0.25, 0.3) is 5.91 Å². The number of rotatable bonds is 8. The van der Waals surface area contributed by atoms with Crippen LogP contribution in [0.4, 0.5) is 0 Å². The smallest absolute Gasteiger partial charge is 0.352 e. The summed E-state index contributed by atoms with van der Waals surface area (Å²) in [4.78, 5) is 52.8. The predicted octanol–water partition coefficient (Wildman–Crippen LogP) is 1.95. The van der Waals surface area contributed by atoms with Gasteiger partial charge in [0, 0.05) is 30.5 Å². The number of hydrogen-bond acceptors (Lipinski definition) is 11. The minimum absolute atomic E-state index is 0.0514. The molecule has 0 radical (unpaired) electrons.